The zero-order valence-electron chi connectivity index (χ0n) is 9.99. The fraction of sp³-hybridized carbons (Fsp3) is 0.571. The van der Waals surface area contributed by atoms with Crippen molar-refractivity contribution in [2.75, 3.05) is 18.1 Å². The summed E-state index contributed by atoms with van der Waals surface area (Å²) in [5.74, 6) is 3.59. The van der Waals surface area contributed by atoms with Crippen molar-refractivity contribution in [2.45, 2.75) is 25.8 Å². The zero-order valence-corrected chi connectivity index (χ0v) is 10.8. The number of rotatable bonds is 5. The Balaban J connectivity index is 1.85. The van der Waals surface area contributed by atoms with Gasteiger partial charge in [0.1, 0.15) is 0 Å². The van der Waals surface area contributed by atoms with E-state index in [9.17, 15) is 0 Å². The Morgan fingerprint density at radius 1 is 1.38 bits per heavy atom. The van der Waals surface area contributed by atoms with E-state index in [0.29, 0.717) is 6.04 Å². The molecular formula is C14H21NS. The molecule has 1 aromatic carbocycles. The second-order valence-electron chi connectivity index (χ2n) is 4.51. The average molecular weight is 235 g/mol. The molecule has 0 amide bonds. The van der Waals surface area contributed by atoms with E-state index in [-0.39, 0.29) is 0 Å². The molecule has 1 saturated heterocycles. The third kappa shape index (κ3) is 3.26. The van der Waals surface area contributed by atoms with Gasteiger partial charge in [-0.25, -0.2) is 0 Å². The van der Waals surface area contributed by atoms with Crippen LogP contribution in [-0.2, 0) is 0 Å². The van der Waals surface area contributed by atoms with Crippen molar-refractivity contribution in [2.24, 2.45) is 5.92 Å². The highest BCUT2D eigenvalue weighted by Crippen LogP contribution is 2.24. The van der Waals surface area contributed by atoms with Crippen LogP contribution in [0.3, 0.4) is 0 Å². The highest BCUT2D eigenvalue weighted by Gasteiger charge is 2.17. The van der Waals surface area contributed by atoms with Gasteiger partial charge < -0.3 is 5.32 Å². The van der Waals surface area contributed by atoms with Crippen LogP contribution in [0, 0.1) is 5.92 Å². The fourth-order valence-corrected chi connectivity index (χ4v) is 3.52. The lowest BCUT2D eigenvalue weighted by atomic mass is 10.0. The Hall–Kier alpha value is -0.470. The molecule has 1 heterocycles. The lowest BCUT2D eigenvalue weighted by molar-refractivity contribution is 0.451. The van der Waals surface area contributed by atoms with Gasteiger partial charge in [-0.15, -0.1) is 0 Å². The molecule has 2 unspecified atom stereocenters. The standard InChI is InChI=1S/C14H21NS/c1-2-14(13-6-4-3-5-7-13)15-10-12-8-9-16-11-12/h3-7,12,14-15H,2,8-11H2,1H3. The highest BCUT2D eigenvalue weighted by atomic mass is 32.2. The van der Waals surface area contributed by atoms with Gasteiger partial charge in [0.25, 0.3) is 0 Å². The van der Waals surface area contributed by atoms with Gasteiger partial charge in [0.05, 0.1) is 0 Å². The van der Waals surface area contributed by atoms with Crippen LogP contribution in [0.5, 0.6) is 0 Å². The first-order valence-electron chi connectivity index (χ1n) is 6.26. The van der Waals surface area contributed by atoms with E-state index in [1.807, 2.05) is 0 Å². The summed E-state index contributed by atoms with van der Waals surface area (Å²) in [5, 5.41) is 3.71. The summed E-state index contributed by atoms with van der Waals surface area (Å²) >= 11 is 2.10. The molecule has 1 N–H and O–H groups in total. The summed E-state index contributed by atoms with van der Waals surface area (Å²) < 4.78 is 0. The fourth-order valence-electron chi connectivity index (χ4n) is 2.24. The molecule has 0 aliphatic carbocycles. The lowest BCUT2D eigenvalue weighted by Gasteiger charge is -2.19. The summed E-state index contributed by atoms with van der Waals surface area (Å²) in [5.41, 5.74) is 1.43. The quantitative estimate of drug-likeness (QED) is 0.838. The Bertz CT molecular complexity index is 293. The number of hydrogen-bond acceptors (Lipinski definition) is 2. The average Bonchev–Trinajstić information content (AvgIpc) is 2.84. The number of benzene rings is 1. The van der Waals surface area contributed by atoms with E-state index >= 15 is 0 Å². The van der Waals surface area contributed by atoms with Gasteiger partial charge in [0.2, 0.25) is 0 Å². The smallest absolute Gasteiger partial charge is 0.0317 e. The number of nitrogens with one attached hydrogen (secondary N) is 1. The normalized spacial score (nSPS) is 22.2. The molecule has 1 aromatic rings. The third-order valence-electron chi connectivity index (χ3n) is 3.29. The van der Waals surface area contributed by atoms with E-state index < -0.39 is 0 Å². The topological polar surface area (TPSA) is 12.0 Å². The van der Waals surface area contributed by atoms with Crippen molar-refractivity contribution in [1.29, 1.82) is 0 Å². The molecule has 2 atom stereocenters. The van der Waals surface area contributed by atoms with Crippen LogP contribution in [0.15, 0.2) is 30.3 Å². The summed E-state index contributed by atoms with van der Waals surface area (Å²) in [7, 11) is 0. The predicted molar refractivity (Wildman–Crippen MR) is 72.9 cm³/mol. The van der Waals surface area contributed by atoms with Gasteiger partial charge in [-0.05, 0) is 42.4 Å². The van der Waals surface area contributed by atoms with Crippen LogP contribution in [0.1, 0.15) is 31.4 Å². The molecule has 1 aliphatic rings. The highest BCUT2D eigenvalue weighted by molar-refractivity contribution is 7.99. The Morgan fingerprint density at radius 2 is 2.19 bits per heavy atom. The SMILES string of the molecule is CCC(NCC1CCSC1)c1ccccc1. The van der Waals surface area contributed by atoms with Crippen LogP contribution in [0.25, 0.3) is 0 Å². The Kier molecular flexibility index (Phi) is 4.73. The first-order chi connectivity index (χ1) is 7.90. The van der Waals surface area contributed by atoms with Crippen LogP contribution in [0.2, 0.25) is 0 Å². The van der Waals surface area contributed by atoms with Crippen LogP contribution < -0.4 is 5.32 Å². The molecule has 1 nitrogen and oxygen atoms in total. The second-order valence-corrected chi connectivity index (χ2v) is 5.66. The van der Waals surface area contributed by atoms with E-state index in [2.05, 4.69) is 54.3 Å². The molecule has 1 aliphatic heterocycles. The van der Waals surface area contributed by atoms with Crippen molar-refractivity contribution in [3.63, 3.8) is 0 Å². The molecular weight excluding hydrogens is 214 g/mol. The minimum atomic E-state index is 0.534. The summed E-state index contributed by atoms with van der Waals surface area (Å²) in [4.78, 5) is 0. The first-order valence-corrected chi connectivity index (χ1v) is 7.41. The van der Waals surface area contributed by atoms with Crippen molar-refractivity contribution in [3.8, 4) is 0 Å². The van der Waals surface area contributed by atoms with Gasteiger partial charge in [-0.2, -0.15) is 11.8 Å². The second kappa shape index (κ2) is 6.31. The summed E-state index contributed by atoms with van der Waals surface area (Å²) in [6, 6.07) is 11.3. The summed E-state index contributed by atoms with van der Waals surface area (Å²) in [6.45, 7) is 3.44. The first kappa shape index (κ1) is 12.0. The van der Waals surface area contributed by atoms with Crippen LogP contribution in [-0.4, -0.2) is 18.1 Å². The molecule has 0 radical (unpaired) electrons. The molecule has 0 saturated carbocycles. The molecule has 2 heteroatoms. The largest absolute Gasteiger partial charge is 0.310 e. The Labute approximate surface area is 103 Å². The Morgan fingerprint density at radius 3 is 2.81 bits per heavy atom. The maximum absolute atomic E-state index is 3.71. The minimum absolute atomic E-state index is 0.534. The van der Waals surface area contributed by atoms with Crippen LogP contribution in [0.4, 0.5) is 0 Å². The number of thioether (sulfide) groups is 1. The van der Waals surface area contributed by atoms with Gasteiger partial charge in [0.15, 0.2) is 0 Å². The van der Waals surface area contributed by atoms with Crippen LogP contribution >= 0.6 is 11.8 Å². The maximum atomic E-state index is 3.71. The molecule has 0 bridgehead atoms. The molecule has 16 heavy (non-hydrogen) atoms. The van der Waals surface area contributed by atoms with Crippen molar-refractivity contribution in [1.82, 2.24) is 5.32 Å². The van der Waals surface area contributed by atoms with E-state index in [4.69, 9.17) is 0 Å². The monoisotopic (exact) mass is 235 g/mol. The molecule has 2 rings (SSSR count). The van der Waals surface area contributed by atoms with Crippen molar-refractivity contribution in [3.05, 3.63) is 35.9 Å². The predicted octanol–water partition coefficient (Wildman–Crippen LogP) is 3.48. The third-order valence-corrected chi connectivity index (χ3v) is 4.52. The van der Waals surface area contributed by atoms with Gasteiger partial charge in [-0.1, -0.05) is 37.3 Å². The number of hydrogen-bond donors (Lipinski definition) is 1. The van der Waals surface area contributed by atoms with Gasteiger partial charge >= 0.3 is 0 Å². The van der Waals surface area contributed by atoms with E-state index in [0.717, 1.165) is 5.92 Å². The lowest BCUT2D eigenvalue weighted by Crippen LogP contribution is -2.27. The molecule has 0 aromatic heterocycles. The van der Waals surface area contributed by atoms with E-state index in [1.54, 1.807) is 0 Å². The molecule has 88 valence electrons. The van der Waals surface area contributed by atoms with Crippen molar-refractivity contribution < 1.29 is 0 Å². The minimum Gasteiger partial charge on any atom is -0.310 e. The van der Waals surface area contributed by atoms with Gasteiger partial charge in [-0.3, -0.25) is 0 Å². The maximum Gasteiger partial charge on any atom is 0.0317 e. The molecule has 0 spiro atoms. The zero-order chi connectivity index (χ0) is 11.2. The summed E-state index contributed by atoms with van der Waals surface area (Å²) in [6.07, 6.45) is 2.56. The molecule has 1 fully saturated rings. The van der Waals surface area contributed by atoms with Crippen molar-refractivity contribution >= 4 is 11.8 Å². The van der Waals surface area contributed by atoms with Gasteiger partial charge in [0, 0.05) is 6.04 Å². The van der Waals surface area contributed by atoms with E-state index in [1.165, 1.54) is 36.5 Å².